The SMILES string of the molecule is CCOC(=O)C1=C(C)NC(=S)N[C@@H]1c1ccccc1OCC(=O)NN=Cc1ccc(OCC)c2ccccc12. The predicted molar refractivity (Wildman–Crippen MR) is 154 cm³/mol. The van der Waals surface area contributed by atoms with Crippen molar-refractivity contribution in [2.75, 3.05) is 19.8 Å². The molecule has 0 aliphatic carbocycles. The Morgan fingerprint density at radius 1 is 0.974 bits per heavy atom. The first kappa shape index (κ1) is 27.6. The largest absolute Gasteiger partial charge is 0.493 e. The van der Waals surface area contributed by atoms with Crippen LogP contribution in [0.4, 0.5) is 0 Å². The summed E-state index contributed by atoms with van der Waals surface area (Å²) in [6.45, 7) is 5.96. The summed E-state index contributed by atoms with van der Waals surface area (Å²) in [6, 6.07) is 18.1. The minimum atomic E-state index is -0.608. The molecule has 202 valence electrons. The van der Waals surface area contributed by atoms with Crippen molar-refractivity contribution in [2.45, 2.75) is 26.8 Å². The van der Waals surface area contributed by atoms with Crippen LogP contribution in [0.25, 0.3) is 10.8 Å². The van der Waals surface area contributed by atoms with Crippen LogP contribution in [0, 0.1) is 0 Å². The van der Waals surface area contributed by atoms with Gasteiger partial charge in [0.25, 0.3) is 5.91 Å². The second kappa shape index (κ2) is 12.9. The monoisotopic (exact) mass is 546 g/mol. The number of hydrogen-bond acceptors (Lipinski definition) is 7. The first-order valence-electron chi connectivity index (χ1n) is 12.6. The number of esters is 1. The van der Waals surface area contributed by atoms with E-state index < -0.39 is 17.9 Å². The van der Waals surface area contributed by atoms with Gasteiger partial charge in [-0.2, -0.15) is 5.10 Å². The second-order valence-corrected chi connectivity index (χ2v) is 8.95. The number of allylic oxidation sites excluding steroid dienone is 1. The van der Waals surface area contributed by atoms with Gasteiger partial charge in [0.15, 0.2) is 11.7 Å². The molecule has 0 fully saturated rings. The third-order valence-electron chi connectivity index (χ3n) is 5.96. The topological polar surface area (TPSA) is 110 Å². The molecule has 0 unspecified atom stereocenters. The highest BCUT2D eigenvalue weighted by Crippen LogP contribution is 2.33. The molecule has 0 radical (unpaired) electrons. The van der Waals surface area contributed by atoms with Gasteiger partial charge < -0.3 is 24.8 Å². The van der Waals surface area contributed by atoms with Crippen LogP contribution in [-0.2, 0) is 14.3 Å². The molecule has 1 aliphatic heterocycles. The van der Waals surface area contributed by atoms with Crippen molar-refractivity contribution in [1.82, 2.24) is 16.1 Å². The normalized spacial score (nSPS) is 15.1. The van der Waals surface area contributed by atoms with E-state index in [-0.39, 0.29) is 13.2 Å². The van der Waals surface area contributed by atoms with E-state index in [2.05, 4.69) is 21.2 Å². The van der Waals surface area contributed by atoms with Crippen LogP contribution in [0.15, 0.2) is 77.0 Å². The summed E-state index contributed by atoms with van der Waals surface area (Å²) >= 11 is 5.31. The first-order chi connectivity index (χ1) is 18.9. The molecule has 0 bridgehead atoms. The standard InChI is InChI=1S/C29H30N4O5S/c1-4-36-24-15-14-19(20-10-6-7-11-21(20)24)16-30-33-25(34)17-38-23-13-9-8-12-22(23)27-26(28(35)37-5-2)18(3)31-29(39)32-27/h6-16,27H,4-5,17H2,1-3H3,(H,33,34)(H2,31,32,39)/t27-/m1/s1. The van der Waals surface area contributed by atoms with E-state index in [0.29, 0.717) is 34.3 Å². The van der Waals surface area contributed by atoms with Gasteiger partial charge in [0.2, 0.25) is 0 Å². The minimum absolute atomic E-state index is 0.234. The molecule has 9 nitrogen and oxygen atoms in total. The number of carbonyl (C=O) groups is 2. The van der Waals surface area contributed by atoms with Gasteiger partial charge in [-0.05, 0) is 56.6 Å². The number of carbonyl (C=O) groups excluding carboxylic acids is 2. The van der Waals surface area contributed by atoms with Crippen LogP contribution in [0.1, 0.15) is 37.9 Å². The van der Waals surface area contributed by atoms with Crippen LogP contribution >= 0.6 is 12.2 Å². The third-order valence-corrected chi connectivity index (χ3v) is 6.18. The number of fused-ring (bicyclic) bond motifs is 1. The Balaban J connectivity index is 1.46. The lowest BCUT2D eigenvalue weighted by molar-refractivity contribution is -0.139. The Bertz CT molecular complexity index is 1450. The highest BCUT2D eigenvalue weighted by molar-refractivity contribution is 7.80. The fraction of sp³-hybridized carbons (Fsp3) is 0.241. The molecule has 1 amide bonds. The number of para-hydroxylation sites is 1. The fourth-order valence-corrected chi connectivity index (χ4v) is 4.57. The van der Waals surface area contributed by atoms with Crippen LogP contribution in [0.5, 0.6) is 11.5 Å². The molecule has 0 aromatic heterocycles. The molecule has 3 aromatic rings. The summed E-state index contributed by atoms with van der Waals surface area (Å²) in [4.78, 5) is 25.3. The van der Waals surface area contributed by atoms with Gasteiger partial charge in [0.1, 0.15) is 11.5 Å². The van der Waals surface area contributed by atoms with Gasteiger partial charge in [-0.3, -0.25) is 4.79 Å². The summed E-state index contributed by atoms with van der Waals surface area (Å²) in [5.74, 6) is 0.307. The number of hydrazone groups is 1. The Morgan fingerprint density at radius 2 is 1.72 bits per heavy atom. The number of benzene rings is 3. The van der Waals surface area contributed by atoms with Gasteiger partial charge in [0, 0.05) is 22.2 Å². The van der Waals surface area contributed by atoms with E-state index in [0.717, 1.165) is 22.1 Å². The molecule has 10 heteroatoms. The zero-order valence-corrected chi connectivity index (χ0v) is 22.8. The highest BCUT2D eigenvalue weighted by atomic mass is 32.1. The zero-order valence-electron chi connectivity index (χ0n) is 21.9. The molecule has 1 aliphatic rings. The van der Waals surface area contributed by atoms with Crippen molar-refractivity contribution >= 4 is 46.2 Å². The van der Waals surface area contributed by atoms with Crippen molar-refractivity contribution in [1.29, 1.82) is 0 Å². The Kier molecular flexibility index (Phi) is 9.11. The van der Waals surface area contributed by atoms with Crippen molar-refractivity contribution < 1.29 is 23.8 Å². The maximum absolute atomic E-state index is 12.7. The van der Waals surface area contributed by atoms with E-state index in [1.54, 1.807) is 38.3 Å². The number of nitrogens with one attached hydrogen (secondary N) is 3. The lowest BCUT2D eigenvalue weighted by Gasteiger charge is -2.30. The van der Waals surface area contributed by atoms with Crippen molar-refractivity contribution in [3.63, 3.8) is 0 Å². The van der Waals surface area contributed by atoms with Gasteiger partial charge in [-0.15, -0.1) is 0 Å². The van der Waals surface area contributed by atoms with Crippen LogP contribution in [0.3, 0.4) is 0 Å². The summed E-state index contributed by atoms with van der Waals surface area (Å²) < 4.78 is 16.8. The van der Waals surface area contributed by atoms with E-state index in [9.17, 15) is 9.59 Å². The van der Waals surface area contributed by atoms with Crippen LogP contribution in [-0.4, -0.2) is 43.0 Å². The zero-order chi connectivity index (χ0) is 27.8. The molecule has 1 heterocycles. The van der Waals surface area contributed by atoms with Gasteiger partial charge >= 0.3 is 5.97 Å². The molecular formula is C29H30N4O5S. The lowest BCUT2D eigenvalue weighted by Crippen LogP contribution is -2.45. The van der Waals surface area contributed by atoms with E-state index >= 15 is 0 Å². The molecule has 1 atom stereocenters. The number of hydrogen-bond donors (Lipinski definition) is 3. The third kappa shape index (κ3) is 6.53. The molecular weight excluding hydrogens is 516 g/mol. The van der Waals surface area contributed by atoms with Gasteiger partial charge in [0.05, 0.1) is 31.0 Å². The average molecular weight is 547 g/mol. The fourth-order valence-electron chi connectivity index (χ4n) is 4.30. The predicted octanol–water partition coefficient (Wildman–Crippen LogP) is 4.12. The molecule has 3 aromatic carbocycles. The summed E-state index contributed by atoms with van der Waals surface area (Å²) in [5, 5.41) is 12.5. The summed E-state index contributed by atoms with van der Waals surface area (Å²) in [7, 11) is 0. The lowest BCUT2D eigenvalue weighted by atomic mass is 9.95. The first-order valence-corrected chi connectivity index (χ1v) is 13.0. The number of thiocarbonyl (C=S) groups is 1. The number of nitrogens with zero attached hydrogens (tertiary/aromatic N) is 1. The summed E-state index contributed by atoms with van der Waals surface area (Å²) in [6.07, 6.45) is 1.59. The Labute approximate surface area is 232 Å². The number of amides is 1. The maximum Gasteiger partial charge on any atom is 0.338 e. The van der Waals surface area contributed by atoms with E-state index in [4.69, 9.17) is 26.4 Å². The van der Waals surface area contributed by atoms with Crippen LogP contribution in [0.2, 0.25) is 0 Å². The second-order valence-electron chi connectivity index (χ2n) is 8.54. The smallest absolute Gasteiger partial charge is 0.338 e. The summed E-state index contributed by atoms with van der Waals surface area (Å²) in [5.41, 5.74) is 4.96. The molecule has 0 saturated heterocycles. The molecule has 0 spiro atoms. The average Bonchev–Trinajstić information content (AvgIpc) is 2.93. The van der Waals surface area contributed by atoms with E-state index in [1.165, 1.54) is 0 Å². The number of rotatable bonds is 10. The highest BCUT2D eigenvalue weighted by Gasteiger charge is 2.32. The van der Waals surface area contributed by atoms with Crippen molar-refractivity contribution in [3.05, 3.63) is 83.1 Å². The van der Waals surface area contributed by atoms with Gasteiger partial charge in [-0.25, -0.2) is 10.2 Å². The Hall–Kier alpha value is -4.44. The van der Waals surface area contributed by atoms with E-state index in [1.807, 2.05) is 49.4 Å². The van der Waals surface area contributed by atoms with Gasteiger partial charge in [-0.1, -0.05) is 42.5 Å². The molecule has 4 rings (SSSR count). The van der Waals surface area contributed by atoms with Crippen molar-refractivity contribution in [3.8, 4) is 11.5 Å². The Morgan fingerprint density at radius 3 is 2.49 bits per heavy atom. The molecule has 0 saturated carbocycles. The molecule has 3 N–H and O–H groups in total. The maximum atomic E-state index is 12.7. The van der Waals surface area contributed by atoms with Crippen LogP contribution < -0.4 is 25.5 Å². The van der Waals surface area contributed by atoms with Crippen molar-refractivity contribution in [2.24, 2.45) is 5.10 Å². The minimum Gasteiger partial charge on any atom is -0.493 e. The number of ether oxygens (including phenoxy) is 3. The quantitative estimate of drug-likeness (QED) is 0.151. The molecule has 39 heavy (non-hydrogen) atoms.